The van der Waals surface area contributed by atoms with Gasteiger partial charge in [0.2, 0.25) is 0 Å². The summed E-state index contributed by atoms with van der Waals surface area (Å²) in [6.07, 6.45) is 0.838. The highest BCUT2D eigenvalue weighted by atomic mass is 79.9. The van der Waals surface area contributed by atoms with Gasteiger partial charge in [0.15, 0.2) is 0 Å². The van der Waals surface area contributed by atoms with Crippen LogP contribution in [0.1, 0.15) is 34.9 Å². The first kappa shape index (κ1) is 14.3. The second kappa shape index (κ2) is 6.34. The van der Waals surface area contributed by atoms with Crippen LogP contribution in [0.3, 0.4) is 0 Å². The lowest BCUT2D eigenvalue weighted by Gasteiger charge is -2.05. The Morgan fingerprint density at radius 3 is 2.84 bits per heavy atom. The normalized spacial score (nSPS) is 10.7. The first-order chi connectivity index (χ1) is 9.13. The quantitative estimate of drug-likeness (QED) is 0.907. The zero-order valence-electron chi connectivity index (χ0n) is 10.9. The van der Waals surface area contributed by atoms with Crippen LogP contribution in [0.2, 0.25) is 0 Å². The molecule has 6 heteroatoms. The Bertz CT molecular complexity index is 576. The molecule has 0 radical (unpaired) electrons. The van der Waals surface area contributed by atoms with Gasteiger partial charge in [-0.05, 0) is 41.4 Å². The minimum atomic E-state index is -0.0708. The molecule has 1 amide bonds. The van der Waals surface area contributed by atoms with E-state index in [0.717, 1.165) is 21.5 Å². The molecule has 0 unspecified atom stereocenters. The van der Waals surface area contributed by atoms with Crippen molar-refractivity contribution in [3.63, 3.8) is 0 Å². The van der Waals surface area contributed by atoms with Crippen molar-refractivity contribution < 1.29 is 4.79 Å². The smallest absolute Gasteiger partial charge is 0.269 e. The number of nitrogens with one attached hydrogen (secondary N) is 1. The predicted molar refractivity (Wildman–Crippen MR) is 80.5 cm³/mol. The third kappa shape index (κ3) is 3.45. The number of aryl methyl sites for hydroxylation is 2. The second-order valence-electron chi connectivity index (χ2n) is 4.10. The second-order valence-corrected chi connectivity index (χ2v) is 6.02. The molecule has 0 aromatic carbocycles. The van der Waals surface area contributed by atoms with Crippen LogP contribution in [0, 0.1) is 0 Å². The maximum Gasteiger partial charge on any atom is 0.269 e. The van der Waals surface area contributed by atoms with Crippen LogP contribution in [-0.4, -0.2) is 15.7 Å². The van der Waals surface area contributed by atoms with Crippen LogP contribution in [0.15, 0.2) is 22.0 Å². The van der Waals surface area contributed by atoms with Crippen molar-refractivity contribution in [3.05, 3.63) is 38.3 Å². The minimum Gasteiger partial charge on any atom is -0.346 e. The lowest BCUT2D eigenvalue weighted by atomic mass is 10.3. The van der Waals surface area contributed by atoms with E-state index in [9.17, 15) is 4.79 Å². The van der Waals surface area contributed by atoms with Gasteiger partial charge >= 0.3 is 0 Å². The molecule has 0 bridgehead atoms. The van der Waals surface area contributed by atoms with Gasteiger partial charge < -0.3 is 5.32 Å². The summed E-state index contributed by atoms with van der Waals surface area (Å²) in [7, 11) is 0. The van der Waals surface area contributed by atoms with E-state index >= 15 is 0 Å². The molecule has 19 heavy (non-hydrogen) atoms. The molecule has 2 rings (SSSR count). The molecule has 102 valence electrons. The largest absolute Gasteiger partial charge is 0.346 e. The molecule has 0 saturated carbocycles. The summed E-state index contributed by atoms with van der Waals surface area (Å²) in [5.74, 6) is -0.0708. The molecule has 0 aliphatic carbocycles. The summed E-state index contributed by atoms with van der Waals surface area (Å²) >= 11 is 5.03. The summed E-state index contributed by atoms with van der Waals surface area (Å²) in [6.45, 7) is 5.27. The maximum atomic E-state index is 12.2. The molecule has 0 atom stereocenters. The molecule has 2 heterocycles. The molecule has 0 fully saturated rings. The van der Waals surface area contributed by atoms with Gasteiger partial charge in [-0.3, -0.25) is 9.48 Å². The first-order valence-electron chi connectivity index (χ1n) is 6.21. The van der Waals surface area contributed by atoms with Gasteiger partial charge in [0, 0.05) is 21.3 Å². The van der Waals surface area contributed by atoms with Gasteiger partial charge in [-0.2, -0.15) is 5.10 Å². The standard InChI is InChI=1S/C13H16BrN3OS/c1-3-10-6-12(17(4-2)16-10)13(18)15-7-11-5-9(14)8-19-11/h5-6,8H,3-4,7H2,1-2H3,(H,15,18). The molecule has 2 aromatic rings. The number of carbonyl (C=O) groups excluding carboxylic acids is 1. The number of carbonyl (C=O) groups is 1. The third-order valence-corrected chi connectivity index (χ3v) is 4.47. The van der Waals surface area contributed by atoms with Gasteiger partial charge in [0.05, 0.1) is 12.2 Å². The van der Waals surface area contributed by atoms with Crippen molar-refractivity contribution in [2.75, 3.05) is 0 Å². The Labute approximate surface area is 125 Å². The average molecular weight is 342 g/mol. The van der Waals surface area contributed by atoms with E-state index in [2.05, 4.69) is 26.3 Å². The number of amides is 1. The Kier molecular flexibility index (Phi) is 4.76. The van der Waals surface area contributed by atoms with Gasteiger partial charge in [-0.25, -0.2) is 0 Å². The molecule has 4 nitrogen and oxygen atoms in total. The van der Waals surface area contributed by atoms with Crippen molar-refractivity contribution in [1.82, 2.24) is 15.1 Å². The highest BCUT2D eigenvalue weighted by molar-refractivity contribution is 9.10. The van der Waals surface area contributed by atoms with Crippen molar-refractivity contribution in [2.24, 2.45) is 0 Å². The molecule has 0 spiro atoms. The summed E-state index contributed by atoms with van der Waals surface area (Å²) in [5.41, 5.74) is 1.58. The molecule has 2 aromatic heterocycles. The van der Waals surface area contributed by atoms with E-state index in [0.29, 0.717) is 18.8 Å². The molecule has 0 saturated heterocycles. The molecular weight excluding hydrogens is 326 g/mol. The molecular formula is C13H16BrN3OS. The first-order valence-corrected chi connectivity index (χ1v) is 7.89. The number of hydrogen-bond donors (Lipinski definition) is 1. The van der Waals surface area contributed by atoms with E-state index < -0.39 is 0 Å². The van der Waals surface area contributed by atoms with Crippen molar-refractivity contribution in [3.8, 4) is 0 Å². The zero-order chi connectivity index (χ0) is 13.8. The van der Waals surface area contributed by atoms with Gasteiger partial charge in [0.1, 0.15) is 5.69 Å². The summed E-state index contributed by atoms with van der Waals surface area (Å²) in [5, 5.41) is 9.32. The highest BCUT2D eigenvalue weighted by Crippen LogP contribution is 2.19. The number of nitrogens with zero attached hydrogens (tertiary/aromatic N) is 2. The fraction of sp³-hybridized carbons (Fsp3) is 0.385. The Morgan fingerprint density at radius 2 is 2.26 bits per heavy atom. The maximum absolute atomic E-state index is 12.2. The SMILES string of the molecule is CCc1cc(C(=O)NCc2cc(Br)cs2)n(CC)n1. The number of rotatable bonds is 5. The fourth-order valence-electron chi connectivity index (χ4n) is 1.77. The number of halogens is 1. The topological polar surface area (TPSA) is 46.9 Å². The van der Waals surface area contributed by atoms with Crippen LogP contribution in [-0.2, 0) is 19.5 Å². The average Bonchev–Trinajstić information content (AvgIpc) is 3.01. The number of thiophene rings is 1. The summed E-state index contributed by atoms with van der Waals surface area (Å²) in [6, 6.07) is 3.88. The van der Waals surface area contributed by atoms with E-state index in [4.69, 9.17) is 0 Å². The Balaban J connectivity index is 2.05. The van der Waals surface area contributed by atoms with E-state index in [1.165, 1.54) is 0 Å². The van der Waals surface area contributed by atoms with Crippen LogP contribution < -0.4 is 5.32 Å². The van der Waals surface area contributed by atoms with Crippen LogP contribution in [0.25, 0.3) is 0 Å². The fourth-order valence-corrected chi connectivity index (χ4v) is 3.16. The van der Waals surface area contributed by atoms with Crippen LogP contribution in [0.5, 0.6) is 0 Å². The Morgan fingerprint density at radius 1 is 1.47 bits per heavy atom. The monoisotopic (exact) mass is 341 g/mol. The van der Waals surface area contributed by atoms with E-state index in [-0.39, 0.29) is 5.91 Å². The van der Waals surface area contributed by atoms with Crippen molar-refractivity contribution >= 4 is 33.2 Å². The van der Waals surface area contributed by atoms with Crippen LogP contribution in [0.4, 0.5) is 0 Å². The van der Waals surface area contributed by atoms with Gasteiger partial charge in [0.25, 0.3) is 5.91 Å². The van der Waals surface area contributed by atoms with E-state index in [1.54, 1.807) is 16.0 Å². The third-order valence-electron chi connectivity index (χ3n) is 2.77. The van der Waals surface area contributed by atoms with Gasteiger partial charge in [-0.1, -0.05) is 6.92 Å². The summed E-state index contributed by atoms with van der Waals surface area (Å²) < 4.78 is 2.80. The predicted octanol–water partition coefficient (Wildman–Crippen LogP) is 3.22. The molecule has 1 N–H and O–H groups in total. The lowest BCUT2D eigenvalue weighted by molar-refractivity contribution is 0.0940. The lowest BCUT2D eigenvalue weighted by Crippen LogP contribution is -2.25. The highest BCUT2D eigenvalue weighted by Gasteiger charge is 2.13. The van der Waals surface area contributed by atoms with Crippen LogP contribution >= 0.6 is 27.3 Å². The summed E-state index contributed by atoms with van der Waals surface area (Å²) in [4.78, 5) is 13.3. The number of aromatic nitrogens is 2. The Hall–Kier alpha value is -1.14. The zero-order valence-corrected chi connectivity index (χ0v) is 13.3. The minimum absolute atomic E-state index is 0.0708. The van der Waals surface area contributed by atoms with E-state index in [1.807, 2.05) is 31.4 Å². The molecule has 0 aliphatic heterocycles. The number of hydrogen-bond acceptors (Lipinski definition) is 3. The van der Waals surface area contributed by atoms with Crippen molar-refractivity contribution in [2.45, 2.75) is 33.4 Å². The van der Waals surface area contributed by atoms with Gasteiger partial charge in [-0.15, -0.1) is 11.3 Å². The van der Waals surface area contributed by atoms with Crippen molar-refractivity contribution in [1.29, 1.82) is 0 Å². The molecule has 0 aliphatic rings.